The fourth-order valence-electron chi connectivity index (χ4n) is 4.39. The third-order valence-corrected chi connectivity index (χ3v) is 7.16. The smallest absolute Gasteiger partial charge is 0.338 e. The SMILES string of the molecule is CCCCC[C@@H]1O[C@@H](Br)[C@@H](OC(=O)c2ccccc2)[C@H](OC(=O)c2ccccc2)[C@@H]1OC(=O)c1ccccc1. The quantitative estimate of drug-likeness (QED) is 0.117. The van der Waals surface area contributed by atoms with Crippen LogP contribution in [0.4, 0.5) is 0 Å². The molecule has 3 aromatic carbocycles. The van der Waals surface area contributed by atoms with Gasteiger partial charge in [0, 0.05) is 0 Å². The second-order valence-electron chi connectivity index (χ2n) is 9.23. The molecule has 0 saturated carbocycles. The van der Waals surface area contributed by atoms with Crippen molar-refractivity contribution in [1.82, 2.24) is 0 Å². The van der Waals surface area contributed by atoms with E-state index in [2.05, 4.69) is 22.9 Å². The zero-order chi connectivity index (χ0) is 27.6. The molecule has 39 heavy (non-hydrogen) atoms. The van der Waals surface area contributed by atoms with Crippen molar-refractivity contribution in [3.63, 3.8) is 0 Å². The minimum Gasteiger partial charge on any atom is -0.452 e. The molecule has 204 valence electrons. The molecule has 0 radical (unpaired) electrons. The monoisotopic (exact) mass is 594 g/mol. The van der Waals surface area contributed by atoms with Crippen molar-refractivity contribution in [2.24, 2.45) is 0 Å². The number of rotatable bonds is 10. The average Bonchev–Trinajstić information content (AvgIpc) is 2.97. The first-order valence-electron chi connectivity index (χ1n) is 13.1. The fourth-order valence-corrected chi connectivity index (χ4v) is 5.08. The first-order chi connectivity index (χ1) is 19.0. The predicted octanol–water partition coefficient (Wildman–Crippen LogP) is 6.36. The molecule has 7 nitrogen and oxygen atoms in total. The molecule has 1 heterocycles. The summed E-state index contributed by atoms with van der Waals surface area (Å²) in [6, 6.07) is 25.5. The van der Waals surface area contributed by atoms with E-state index in [9.17, 15) is 14.4 Å². The number of hydrogen-bond donors (Lipinski definition) is 0. The molecule has 0 spiro atoms. The van der Waals surface area contributed by atoms with Crippen molar-refractivity contribution in [2.45, 2.75) is 62.0 Å². The minimum atomic E-state index is -1.14. The van der Waals surface area contributed by atoms with Gasteiger partial charge in [0.25, 0.3) is 0 Å². The minimum absolute atomic E-state index is 0.318. The second kappa shape index (κ2) is 14.1. The van der Waals surface area contributed by atoms with Crippen molar-refractivity contribution in [2.75, 3.05) is 0 Å². The summed E-state index contributed by atoms with van der Waals surface area (Å²) in [5.41, 5.74) is 0.990. The van der Waals surface area contributed by atoms with Crippen molar-refractivity contribution >= 4 is 33.8 Å². The molecule has 8 heteroatoms. The summed E-state index contributed by atoms with van der Waals surface area (Å²) in [6.07, 6.45) is -0.548. The number of hydrogen-bond acceptors (Lipinski definition) is 7. The van der Waals surface area contributed by atoms with E-state index in [4.69, 9.17) is 18.9 Å². The van der Waals surface area contributed by atoms with Gasteiger partial charge in [0.1, 0.15) is 6.10 Å². The Morgan fingerprint density at radius 1 is 0.641 bits per heavy atom. The molecule has 5 atom stereocenters. The van der Waals surface area contributed by atoms with Crippen LogP contribution in [0.15, 0.2) is 91.0 Å². The number of benzene rings is 3. The van der Waals surface area contributed by atoms with E-state index in [-0.39, 0.29) is 0 Å². The van der Waals surface area contributed by atoms with Crippen molar-refractivity contribution in [1.29, 1.82) is 0 Å². The number of halogens is 1. The van der Waals surface area contributed by atoms with Gasteiger partial charge in [-0.1, -0.05) is 96.7 Å². The highest BCUT2D eigenvalue weighted by atomic mass is 79.9. The molecule has 0 amide bonds. The van der Waals surface area contributed by atoms with Crippen LogP contribution in [0.25, 0.3) is 0 Å². The Labute approximate surface area is 236 Å². The van der Waals surface area contributed by atoms with Gasteiger partial charge in [-0.25, -0.2) is 14.4 Å². The normalized spacial score (nSPS) is 22.5. The molecule has 3 aromatic rings. The Balaban J connectivity index is 1.67. The number of esters is 3. The van der Waals surface area contributed by atoms with Crippen molar-refractivity contribution < 1.29 is 33.3 Å². The van der Waals surface area contributed by atoms with E-state index in [1.807, 2.05) is 0 Å². The van der Waals surface area contributed by atoms with Crippen LogP contribution in [0.5, 0.6) is 0 Å². The molecular formula is C31H31BrO7. The highest BCUT2D eigenvalue weighted by Crippen LogP contribution is 2.34. The van der Waals surface area contributed by atoms with Crippen LogP contribution in [0, 0.1) is 0 Å². The molecule has 1 aliphatic heterocycles. The van der Waals surface area contributed by atoms with Gasteiger partial charge < -0.3 is 18.9 Å². The lowest BCUT2D eigenvalue weighted by Crippen LogP contribution is -2.60. The standard InChI is InChI=1S/C31H31BrO7/c1-2-3-7-20-24-25(37-29(33)21-14-8-4-9-15-21)26(38-30(34)22-16-10-5-11-17-22)27(28(32)36-24)39-31(35)23-18-12-6-13-19-23/h4-6,8-19,24-28H,2-3,7,20H2,1H3/t24-,25+,26+,27-,28+/m0/s1. The van der Waals surface area contributed by atoms with Gasteiger partial charge in [0.05, 0.1) is 16.7 Å². The van der Waals surface area contributed by atoms with Crippen LogP contribution < -0.4 is 0 Å². The number of ether oxygens (including phenoxy) is 4. The molecule has 1 fully saturated rings. The zero-order valence-electron chi connectivity index (χ0n) is 21.6. The molecule has 4 rings (SSSR count). The molecule has 0 aliphatic carbocycles. The van der Waals surface area contributed by atoms with Crippen LogP contribution in [0.3, 0.4) is 0 Å². The third kappa shape index (κ3) is 7.55. The van der Waals surface area contributed by atoms with E-state index < -0.39 is 47.3 Å². The Kier molecular flexibility index (Phi) is 10.3. The van der Waals surface area contributed by atoms with Gasteiger partial charge >= 0.3 is 17.9 Å². The van der Waals surface area contributed by atoms with Crippen LogP contribution in [0.1, 0.15) is 63.7 Å². The molecule has 0 unspecified atom stereocenters. The average molecular weight is 595 g/mol. The Hall–Kier alpha value is -3.49. The maximum atomic E-state index is 13.2. The van der Waals surface area contributed by atoms with Crippen LogP contribution in [-0.2, 0) is 18.9 Å². The first-order valence-corrected chi connectivity index (χ1v) is 14.0. The van der Waals surface area contributed by atoms with Gasteiger partial charge in [0.2, 0.25) is 0 Å². The van der Waals surface area contributed by atoms with E-state index in [1.54, 1.807) is 91.0 Å². The molecule has 0 aromatic heterocycles. The van der Waals surface area contributed by atoms with Gasteiger partial charge in [0.15, 0.2) is 23.3 Å². The Morgan fingerprint density at radius 3 is 1.49 bits per heavy atom. The van der Waals surface area contributed by atoms with Gasteiger partial charge in [-0.2, -0.15) is 0 Å². The van der Waals surface area contributed by atoms with Crippen LogP contribution >= 0.6 is 15.9 Å². The highest BCUT2D eigenvalue weighted by molar-refractivity contribution is 9.09. The fraction of sp³-hybridized carbons (Fsp3) is 0.323. The third-order valence-electron chi connectivity index (χ3n) is 6.43. The second-order valence-corrected chi connectivity index (χ2v) is 10.1. The largest absolute Gasteiger partial charge is 0.452 e. The summed E-state index contributed by atoms with van der Waals surface area (Å²) in [5, 5.41) is -0.808. The lowest BCUT2D eigenvalue weighted by atomic mass is 9.95. The molecular weight excluding hydrogens is 564 g/mol. The van der Waals surface area contributed by atoms with Gasteiger partial charge in [-0.3, -0.25) is 0 Å². The van der Waals surface area contributed by atoms with E-state index in [1.165, 1.54) is 0 Å². The summed E-state index contributed by atoms with van der Waals surface area (Å²) in [6.45, 7) is 2.09. The Bertz CT molecular complexity index is 1220. The van der Waals surface area contributed by atoms with Gasteiger partial charge in [-0.05, 0) is 42.8 Å². The lowest BCUT2D eigenvalue weighted by Gasteiger charge is -2.43. The van der Waals surface area contributed by atoms with E-state index >= 15 is 0 Å². The van der Waals surface area contributed by atoms with Gasteiger partial charge in [-0.15, -0.1) is 0 Å². The number of alkyl halides is 1. The maximum absolute atomic E-state index is 13.2. The highest BCUT2D eigenvalue weighted by Gasteiger charge is 2.51. The van der Waals surface area contributed by atoms with Crippen LogP contribution in [0.2, 0.25) is 0 Å². The summed E-state index contributed by atoms with van der Waals surface area (Å²) in [4.78, 5) is 39.5. The van der Waals surface area contributed by atoms with Crippen molar-refractivity contribution in [3.05, 3.63) is 108 Å². The lowest BCUT2D eigenvalue weighted by molar-refractivity contribution is -0.199. The molecule has 0 N–H and O–H groups in total. The molecule has 1 aliphatic rings. The summed E-state index contributed by atoms with van der Waals surface area (Å²) >= 11 is 3.50. The van der Waals surface area contributed by atoms with Crippen LogP contribution in [-0.4, -0.2) is 47.3 Å². The molecule has 0 bridgehead atoms. The zero-order valence-corrected chi connectivity index (χ0v) is 23.2. The predicted molar refractivity (Wildman–Crippen MR) is 149 cm³/mol. The maximum Gasteiger partial charge on any atom is 0.338 e. The summed E-state index contributed by atoms with van der Waals surface area (Å²) in [5.74, 6) is -1.84. The summed E-state index contributed by atoms with van der Waals surface area (Å²) in [7, 11) is 0. The number of carbonyl (C=O) groups is 3. The van der Waals surface area contributed by atoms with E-state index in [0.29, 0.717) is 23.1 Å². The number of unbranched alkanes of at least 4 members (excludes halogenated alkanes) is 2. The topological polar surface area (TPSA) is 88.1 Å². The Morgan fingerprint density at radius 2 is 1.05 bits per heavy atom. The summed E-state index contributed by atoms with van der Waals surface area (Å²) < 4.78 is 24.0. The first kappa shape index (κ1) is 28.5. The molecule has 1 saturated heterocycles. The van der Waals surface area contributed by atoms with Crippen molar-refractivity contribution in [3.8, 4) is 0 Å². The number of carbonyl (C=O) groups excluding carboxylic acids is 3. The van der Waals surface area contributed by atoms with E-state index in [0.717, 1.165) is 19.3 Å².